The van der Waals surface area contributed by atoms with Crippen molar-refractivity contribution in [3.63, 3.8) is 0 Å². The van der Waals surface area contributed by atoms with Gasteiger partial charge in [-0.1, -0.05) is 0 Å². The lowest BCUT2D eigenvalue weighted by molar-refractivity contribution is -0.0693. The van der Waals surface area contributed by atoms with Crippen LogP contribution in [-0.2, 0) is 4.74 Å². The van der Waals surface area contributed by atoms with Gasteiger partial charge in [-0.2, -0.15) is 0 Å². The minimum atomic E-state index is -0.382. The van der Waals surface area contributed by atoms with Gasteiger partial charge in [0.1, 0.15) is 13.2 Å². The molecule has 0 unspecified atom stereocenters. The van der Waals surface area contributed by atoms with E-state index < -0.39 is 0 Å². The summed E-state index contributed by atoms with van der Waals surface area (Å²) in [6.07, 6.45) is 0.788. The van der Waals surface area contributed by atoms with Gasteiger partial charge >= 0.3 is 0 Å². The fourth-order valence-corrected chi connectivity index (χ4v) is 3.21. The number of amides is 1. The number of hydrogen-bond acceptors (Lipinski definition) is 4. The van der Waals surface area contributed by atoms with Gasteiger partial charge in [-0.05, 0) is 52.3 Å². The fraction of sp³-hybridized carbons (Fsp3) is 0.588. The van der Waals surface area contributed by atoms with E-state index >= 15 is 0 Å². The van der Waals surface area contributed by atoms with Gasteiger partial charge in [0.25, 0.3) is 5.91 Å². The number of nitrogens with one attached hydrogen (secondary N) is 1. The van der Waals surface area contributed by atoms with Gasteiger partial charge in [0, 0.05) is 5.56 Å². The van der Waals surface area contributed by atoms with Crippen molar-refractivity contribution in [2.75, 3.05) is 13.2 Å². The molecule has 1 fully saturated rings. The zero-order valence-electron chi connectivity index (χ0n) is 13.6. The summed E-state index contributed by atoms with van der Waals surface area (Å²) in [5, 5.41) is 3.09. The molecule has 0 aromatic heterocycles. The molecule has 1 atom stereocenters. The molecule has 0 saturated carbocycles. The van der Waals surface area contributed by atoms with Crippen LogP contribution < -0.4 is 14.8 Å². The van der Waals surface area contributed by atoms with Crippen LogP contribution in [0.25, 0.3) is 0 Å². The molecule has 2 aliphatic rings. The molecule has 5 nitrogen and oxygen atoms in total. The molecule has 22 heavy (non-hydrogen) atoms. The number of carbonyl (C=O) groups is 1. The summed E-state index contributed by atoms with van der Waals surface area (Å²) in [7, 11) is 0. The lowest BCUT2D eigenvalue weighted by Gasteiger charge is -2.27. The van der Waals surface area contributed by atoms with Crippen LogP contribution in [-0.4, -0.2) is 36.4 Å². The maximum absolute atomic E-state index is 12.5. The van der Waals surface area contributed by atoms with Crippen LogP contribution in [0.15, 0.2) is 18.2 Å². The van der Waals surface area contributed by atoms with Gasteiger partial charge in [-0.25, -0.2) is 0 Å². The molecule has 2 heterocycles. The maximum Gasteiger partial charge on any atom is 0.251 e. The van der Waals surface area contributed by atoms with Crippen LogP contribution in [0.5, 0.6) is 11.5 Å². The molecule has 1 saturated heterocycles. The van der Waals surface area contributed by atoms with E-state index in [1.807, 2.05) is 27.7 Å². The second kappa shape index (κ2) is 5.16. The molecule has 5 heteroatoms. The summed E-state index contributed by atoms with van der Waals surface area (Å²) in [5.41, 5.74) is -0.0360. The first-order valence-electron chi connectivity index (χ1n) is 7.68. The summed E-state index contributed by atoms with van der Waals surface area (Å²) < 4.78 is 17.0. The van der Waals surface area contributed by atoms with Crippen LogP contribution >= 0.6 is 0 Å². The Bertz CT molecular complexity index is 594. The highest BCUT2D eigenvalue weighted by Gasteiger charge is 2.46. The Hall–Kier alpha value is -1.75. The molecule has 2 aliphatic heterocycles. The predicted molar refractivity (Wildman–Crippen MR) is 82.5 cm³/mol. The summed E-state index contributed by atoms with van der Waals surface area (Å²) in [4.78, 5) is 12.5. The Kier molecular flexibility index (Phi) is 3.56. The van der Waals surface area contributed by atoms with Crippen molar-refractivity contribution < 1.29 is 19.0 Å². The Morgan fingerprint density at radius 2 is 1.82 bits per heavy atom. The fourth-order valence-electron chi connectivity index (χ4n) is 3.21. The van der Waals surface area contributed by atoms with Crippen LogP contribution in [0.3, 0.4) is 0 Å². The van der Waals surface area contributed by atoms with Gasteiger partial charge in [-0.15, -0.1) is 0 Å². The highest BCUT2D eigenvalue weighted by Crippen LogP contribution is 2.37. The number of carbonyl (C=O) groups excluding carboxylic acids is 1. The maximum atomic E-state index is 12.5. The molecule has 1 aromatic rings. The van der Waals surface area contributed by atoms with E-state index in [2.05, 4.69) is 5.32 Å². The van der Waals surface area contributed by atoms with E-state index in [1.54, 1.807) is 18.2 Å². The average molecular weight is 305 g/mol. The summed E-state index contributed by atoms with van der Waals surface area (Å²) in [5.74, 6) is 1.20. The lowest BCUT2D eigenvalue weighted by atomic mass is 9.94. The van der Waals surface area contributed by atoms with Crippen molar-refractivity contribution in [2.24, 2.45) is 0 Å². The van der Waals surface area contributed by atoms with E-state index in [-0.39, 0.29) is 23.2 Å². The van der Waals surface area contributed by atoms with Crippen molar-refractivity contribution in [2.45, 2.75) is 51.4 Å². The van der Waals surface area contributed by atoms with E-state index in [0.29, 0.717) is 30.3 Å². The molecule has 1 aromatic carbocycles. The number of rotatable bonds is 2. The number of ether oxygens (including phenoxy) is 3. The zero-order chi connectivity index (χ0) is 16.0. The number of hydrogen-bond donors (Lipinski definition) is 1. The predicted octanol–water partition coefficient (Wildman–Crippen LogP) is 2.53. The quantitative estimate of drug-likeness (QED) is 0.912. The Balaban J connectivity index is 1.75. The van der Waals surface area contributed by atoms with Crippen molar-refractivity contribution >= 4 is 5.91 Å². The molecule has 0 bridgehead atoms. The van der Waals surface area contributed by atoms with Gasteiger partial charge in [0.05, 0.1) is 17.2 Å². The second-order valence-electron chi connectivity index (χ2n) is 7.05. The minimum absolute atomic E-state index is 0.0248. The normalized spacial score (nSPS) is 24.8. The van der Waals surface area contributed by atoms with Gasteiger partial charge < -0.3 is 19.5 Å². The van der Waals surface area contributed by atoms with E-state index in [0.717, 1.165) is 6.42 Å². The smallest absolute Gasteiger partial charge is 0.251 e. The number of benzene rings is 1. The second-order valence-corrected chi connectivity index (χ2v) is 7.05. The first-order valence-corrected chi connectivity index (χ1v) is 7.68. The van der Waals surface area contributed by atoms with E-state index in [1.165, 1.54) is 0 Å². The Morgan fingerprint density at radius 1 is 1.14 bits per heavy atom. The highest BCUT2D eigenvalue weighted by molar-refractivity contribution is 5.95. The third-order valence-electron chi connectivity index (χ3n) is 4.18. The molecule has 0 aliphatic carbocycles. The van der Waals surface area contributed by atoms with Crippen LogP contribution in [0, 0.1) is 0 Å². The van der Waals surface area contributed by atoms with Crippen molar-refractivity contribution in [3.05, 3.63) is 23.8 Å². The molecular formula is C17H23NO4. The van der Waals surface area contributed by atoms with Gasteiger partial charge in [0.2, 0.25) is 0 Å². The Morgan fingerprint density at radius 3 is 2.45 bits per heavy atom. The average Bonchev–Trinajstić information content (AvgIpc) is 2.65. The molecule has 0 spiro atoms. The molecule has 3 rings (SSSR count). The van der Waals surface area contributed by atoms with Crippen molar-refractivity contribution in [1.82, 2.24) is 5.32 Å². The highest BCUT2D eigenvalue weighted by atomic mass is 16.6. The molecule has 1 amide bonds. The standard InChI is InChI=1S/C17H23NO4/c1-16(2)10-14(17(3,4)22-16)18-15(19)11-5-6-12-13(9-11)21-8-7-20-12/h5-6,9,14H,7-8,10H2,1-4H3,(H,18,19)/t14-/m0/s1. The van der Waals surface area contributed by atoms with Gasteiger partial charge in [-0.3, -0.25) is 4.79 Å². The van der Waals surface area contributed by atoms with E-state index in [9.17, 15) is 4.79 Å². The van der Waals surface area contributed by atoms with Crippen molar-refractivity contribution in [3.8, 4) is 11.5 Å². The molecular weight excluding hydrogens is 282 g/mol. The largest absolute Gasteiger partial charge is 0.486 e. The first-order chi connectivity index (χ1) is 10.3. The third-order valence-corrected chi connectivity index (χ3v) is 4.18. The minimum Gasteiger partial charge on any atom is -0.486 e. The Labute approximate surface area is 130 Å². The van der Waals surface area contributed by atoms with Crippen LogP contribution in [0.2, 0.25) is 0 Å². The number of fused-ring (bicyclic) bond motifs is 1. The zero-order valence-corrected chi connectivity index (χ0v) is 13.6. The summed E-state index contributed by atoms with van der Waals surface area (Å²) in [6, 6.07) is 5.25. The molecule has 0 radical (unpaired) electrons. The molecule has 120 valence electrons. The van der Waals surface area contributed by atoms with Crippen molar-refractivity contribution in [1.29, 1.82) is 0 Å². The monoisotopic (exact) mass is 305 g/mol. The lowest BCUT2D eigenvalue weighted by Crippen LogP contribution is -2.46. The van der Waals surface area contributed by atoms with Gasteiger partial charge in [0.15, 0.2) is 11.5 Å². The molecule has 1 N–H and O–H groups in total. The van der Waals surface area contributed by atoms with Crippen LogP contribution in [0.4, 0.5) is 0 Å². The first kappa shape index (κ1) is 15.2. The third kappa shape index (κ3) is 2.90. The summed E-state index contributed by atoms with van der Waals surface area (Å²) >= 11 is 0. The SMILES string of the molecule is CC1(C)C[C@H](NC(=O)c2ccc3c(c2)OCCO3)C(C)(C)O1. The summed E-state index contributed by atoms with van der Waals surface area (Å²) in [6.45, 7) is 9.17. The van der Waals surface area contributed by atoms with Crippen LogP contribution in [0.1, 0.15) is 44.5 Å². The van der Waals surface area contributed by atoms with E-state index in [4.69, 9.17) is 14.2 Å². The topological polar surface area (TPSA) is 56.8 Å².